The molecule has 0 aliphatic rings. The number of hydrogen-bond acceptors (Lipinski definition) is 3. The molecule has 1 heterocycles. The van der Waals surface area contributed by atoms with E-state index in [1.807, 2.05) is 36.4 Å². The summed E-state index contributed by atoms with van der Waals surface area (Å²) in [6, 6.07) is 21.7. The predicted molar refractivity (Wildman–Crippen MR) is 85.4 cm³/mol. The number of aliphatic hydroxyl groups excluding tert-OH is 1. The Morgan fingerprint density at radius 2 is 1.55 bits per heavy atom. The van der Waals surface area contributed by atoms with Crippen LogP contribution in [-0.4, -0.2) is 15.9 Å². The minimum absolute atomic E-state index is 0.326. The number of carbonyl (C=O) groups excluding carboxylic acids is 1. The van der Waals surface area contributed by atoms with Crippen LogP contribution in [0.3, 0.4) is 0 Å². The van der Waals surface area contributed by atoms with Gasteiger partial charge in [-0.1, -0.05) is 60.7 Å². The van der Waals surface area contributed by atoms with Crippen molar-refractivity contribution in [2.24, 2.45) is 0 Å². The highest BCUT2D eigenvalue weighted by Gasteiger charge is 2.22. The number of pyridine rings is 1. The fourth-order valence-corrected chi connectivity index (χ4v) is 2.38. The molecule has 0 saturated carbocycles. The van der Waals surface area contributed by atoms with Crippen molar-refractivity contribution in [1.82, 2.24) is 4.98 Å². The number of carbonyl (C=O) groups is 1. The molecule has 0 fully saturated rings. The molecule has 3 rings (SSSR count). The summed E-state index contributed by atoms with van der Waals surface area (Å²) in [7, 11) is 0. The van der Waals surface area contributed by atoms with E-state index >= 15 is 0 Å². The number of ketones is 1. The molecule has 0 aliphatic heterocycles. The lowest BCUT2D eigenvalue weighted by molar-refractivity contribution is 0.0748. The maximum absolute atomic E-state index is 12.7. The van der Waals surface area contributed by atoms with Gasteiger partial charge in [0.2, 0.25) is 0 Å². The minimum atomic E-state index is -1.17. The van der Waals surface area contributed by atoms with Gasteiger partial charge >= 0.3 is 0 Å². The van der Waals surface area contributed by atoms with Crippen molar-refractivity contribution in [2.75, 3.05) is 0 Å². The molecule has 0 radical (unpaired) electrons. The van der Waals surface area contributed by atoms with Gasteiger partial charge in [0.1, 0.15) is 6.10 Å². The minimum Gasteiger partial charge on any atom is -0.380 e. The van der Waals surface area contributed by atoms with E-state index in [9.17, 15) is 9.90 Å². The van der Waals surface area contributed by atoms with Gasteiger partial charge in [0, 0.05) is 17.3 Å². The number of benzene rings is 2. The van der Waals surface area contributed by atoms with E-state index in [2.05, 4.69) is 4.98 Å². The number of rotatable bonds is 4. The smallest absolute Gasteiger partial charge is 0.196 e. The van der Waals surface area contributed by atoms with E-state index in [1.165, 1.54) is 0 Å². The second kappa shape index (κ2) is 6.33. The molecule has 3 nitrogen and oxygen atoms in total. The van der Waals surface area contributed by atoms with Crippen LogP contribution < -0.4 is 0 Å². The lowest BCUT2D eigenvalue weighted by Crippen LogP contribution is -2.13. The summed E-state index contributed by atoms with van der Waals surface area (Å²) < 4.78 is 0. The fourth-order valence-electron chi connectivity index (χ4n) is 2.38. The van der Waals surface area contributed by atoms with Crippen molar-refractivity contribution < 1.29 is 9.90 Å². The summed E-state index contributed by atoms with van der Waals surface area (Å²) >= 11 is 0. The van der Waals surface area contributed by atoms with Gasteiger partial charge < -0.3 is 5.11 Å². The zero-order chi connectivity index (χ0) is 15.4. The summed E-state index contributed by atoms with van der Waals surface area (Å²) in [6.07, 6.45) is 0.510. The van der Waals surface area contributed by atoms with E-state index in [-0.39, 0.29) is 5.78 Å². The maximum Gasteiger partial charge on any atom is 0.196 e. The largest absolute Gasteiger partial charge is 0.380 e. The maximum atomic E-state index is 12.7. The molecule has 2 aromatic carbocycles. The average Bonchev–Trinajstić information content (AvgIpc) is 2.62. The van der Waals surface area contributed by atoms with Crippen molar-refractivity contribution in [3.05, 3.63) is 90.1 Å². The number of Topliss-reactive ketones (excluding diaryl/α,β-unsaturated/α-hetero) is 1. The third-order valence-electron chi connectivity index (χ3n) is 3.50. The molecule has 3 aromatic rings. The molecule has 0 aliphatic carbocycles. The van der Waals surface area contributed by atoms with Gasteiger partial charge in [0.05, 0.1) is 5.69 Å². The fraction of sp³-hybridized carbons (Fsp3) is 0.0526. The summed E-state index contributed by atoms with van der Waals surface area (Å²) in [5.74, 6) is -0.326. The van der Waals surface area contributed by atoms with E-state index in [1.54, 1.807) is 42.6 Å². The highest BCUT2D eigenvalue weighted by molar-refractivity contribution is 6.04. The highest BCUT2D eigenvalue weighted by atomic mass is 16.3. The van der Waals surface area contributed by atoms with Crippen LogP contribution in [0, 0.1) is 0 Å². The van der Waals surface area contributed by atoms with Crippen LogP contribution in [-0.2, 0) is 0 Å². The summed E-state index contributed by atoms with van der Waals surface area (Å²) in [5, 5.41) is 10.3. The first kappa shape index (κ1) is 14.2. The molecule has 1 unspecified atom stereocenters. The highest BCUT2D eigenvalue weighted by Crippen LogP contribution is 2.26. The molecular formula is C19H15NO2. The monoisotopic (exact) mass is 289 g/mol. The molecule has 1 aromatic heterocycles. The van der Waals surface area contributed by atoms with Crippen LogP contribution in [0.4, 0.5) is 0 Å². The molecular weight excluding hydrogens is 274 g/mol. The van der Waals surface area contributed by atoms with Gasteiger partial charge in [-0.3, -0.25) is 9.78 Å². The summed E-state index contributed by atoms with van der Waals surface area (Å²) in [5.41, 5.74) is 2.50. The SMILES string of the molecule is O=C(c1ccccc1-c1ccccn1)C(O)c1ccccc1. The van der Waals surface area contributed by atoms with Gasteiger partial charge in [0.25, 0.3) is 0 Å². The molecule has 108 valence electrons. The molecule has 3 heteroatoms. The van der Waals surface area contributed by atoms with Gasteiger partial charge in [-0.05, 0) is 17.7 Å². The zero-order valence-electron chi connectivity index (χ0n) is 11.9. The number of nitrogens with zero attached hydrogens (tertiary/aromatic N) is 1. The van der Waals surface area contributed by atoms with Gasteiger partial charge in [-0.2, -0.15) is 0 Å². The number of aromatic nitrogens is 1. The third-order valence-corrected chi connectivity index (χ3v) is 3.50. The third kappa shape index (κ3) is 2.80. The normalized spacial score (nSPS) is 11.9. The molecule has 0 bridgehead atoms. The zero-order valence-corrected chi connectivity index (χ0v) is 11.9. The van der Waals surface area contributed by atoms with E-state index < -0.39 is 6.10 Å². The molecule has 1 atom stereocenters. The van der Waals surface area contributed by atoms with Crippen molar-refractivity contribution in [3.63, 3.8) is 0 Å². The number of aliphatic hydroxyl groups is 1. The van der Waals surface area contributed by atoms with Crippen LogP contribution in [0.5, 0.6) is 0 Å². The molecule has 0 saturated heterocycles. The molecule has 22 heavy (non-hydrogen) atoms. The van der Waals surface area contributed by atoms with E-state index in [0.717, 1.165) is 5.56 Å². The Morgan fingerprint density at radius 1 is 0.864 bits per heavy atom. The lowest BCUT2D eigenvalue weighted by Gasteiger charge is -2.13. The van der Waals surface area contributed by atoms with Crippen LogP contribution in [0.1, 0.15) is 22.0 Å². The van der Waals surface area contributed by atoms with Crippen LogP contribution in [0.15, 0.2) is 79.0 Å². The predicted octanol–water partition coefficient (Wildman–Crippen LogP) is 3.66. The Labute approximate surface area is 128 Å². The summed E-state index contributed by atoms with van der Waals surface area (Å²) in [6.45, 7) is 0. The Balaban J connectivity index is 2.01. The van der Waals surface area contributed by atoms with Crippen LogP contribution in [0.25, 0.3) is 11.3 Å². The summed E-state index contributed by atoms with van der Waals surface area (Å²) in [4.78, 5) is 17.0. The van der Waals surface area contributed by atoms with Crippen molar-refractivity contribution >= 4 is 5.78 Å². The first-order valence-electron chi connectivity index (χ1n) is 7.05. The first-order chi connectivity index (χ1) is 10.8. The average molecular weight is 289 g/mol. The standard InChI is InChI=1S/C19H15NO2/c21-18(14-8-2-1-3-9-14)19(22)16-11-5-4-10-15(16)17-12-6-7-13-20-17/h1-13,18,21H. The molecule has 0 spiro atoms. The van der Waals surface area contributed by atoms with Crippen molar-refractivity contribution in [2.45, 2.75) is 6.10 Å². The first-order valence-corrected chi connectivity index (χ1v) is 7.05. The quantitative estimate of drug-likeness (QED) is 0.746. The van der Waals surface area contributed by atoms with E-state index in [4.69, 9.17) is 0 Å². The Bertz CT molecular complexity index is 770. The van der Waals surface area contributed by atoms with Crippen LogP contribution in [0.2, 0.25) is 0 Å². The van der Waals surface area contributed by atoms with Gasteiger partial charge in [-0.25, -0.2) is 0 Å². The second-order valence-corrected chi connectivity index (χ2v) is 4.94. The number of hydrogen-bond donors (Lipinski definition) is 1. The second-order valence-electron chi connectivity index (χ2n) is 4.94. The van der Waals surface area contributed by atoms with E-state index in [0.29, 0.717) is 16.8 Å². The lowest BCUT2D eigenvalue weighted by atomic mass is 9.94. The molecule has 0 amide bonds. The Kier molecular flexibility index (Phi) is 4.08. The van der Waals surface area contributed by atoms with Crippen molar-refractivity contribution in [1.29, 1.82) is 0 Å². The topological polar surface area (TPSA) is 50.2 Å². The Hall–Kier alpha value is -2.78. The van der Waals surface area contributed by atoms with Crippen LogP contribution >= 0.6 is 0 Å². The Morgan fingerprint density at radius 3 is 2.27 bits per heavy atom. The van der Waals surface area contributed by atoms with Crippen molar-refractivity contribution in [3.8, 4) is 11.3 Å². The van der Waals surface area contributed by atoms with Gasteiger partial charge in [-0.15, -0.1) is 0 Å². The van der Waals surface area contributed by atoms with Gasteiger partial charge in [0.15, 0.2) is 5.78 Å². The molecule has 1 N–H and O–H groups in total.